The van der Waals surface area contributed by atoms with Crippen LogP contribution in [0.3, 0.4) is 0 Å². The molecule has 0 aliphatic carbocycles. The van der Waals surface area contributed by atoms with Crippen LogP contribution in [0.1, 0.15) is 17.2 Å². The summed E-state index contributed by atoms with van der Waals surface area (Å²) in [4.78, 5) is 0. The topological polar surface area (TPSA) is 26.0 Å². The first-order valence-corrected chi connectivity index (χ1v) is 6.59. The zero-order valence-corrected chi connectivity index (χ0v) is 11.4. The van der Waals surface area contributed by atoms with E-state index in [0.29, 0.717) is 11.6 Å². The number of hydrogen-bond acceptors (Lipinski definition) is 2. The molecule has 1 unspecified atom stereocenters. The summed E-state index contributed by atoms with van der Waals surface area (Å²) in [6, 6.07) is 2.32. The maximum atomic E-state index is 13.5. The number of halogens is 4. The van der Waals surface area contributed by atoms with Gasteiger partial charge in [0.15, 0.2) is 11.6 Å². The molecule has 1 atom stereocenters. The molecule has 2 N–H and O–H groups in total. The van der Waals surface area contributed by atoms with Crippen LogP contribution in [0.2, 0.25) is 0 Å². The van der Waals surface area contributed by atoms with Crippen molar-refractivity contribution in [1.29, 1.82) is 0 Å². The molecule has 0 radical (unpaired) electrons. The normalized spacial score (nSPS) is 12.8. The molecule has 6 heteroatoms. The van der Waals surface area contributed by atoms with Crippen LogP contribution < -0.4 is 5.73 Å². The van der Waals surface area contributed by atoms with Crippen molar-refractivity contribution in [2.45, 2.75) is 6.04 Å². The minimum absolute atomic E-state index is 0.0434. The SMILES string of the molecule is NC(c1csc(I)c1)c1cc(F)c(F)cc1F. The van der Waals surface area contributed by atoms with E-state index in [0.717, 1.165) is 8.95 Å². The van der Waals surface area contributed by atoms with Crippen molar-refractivity contribution in [1.82, 2.24) is 0 Å². The highest BCUT2D eigenvalue weighted by atomic mass is 127. The first kappa shape index (κ1) is 12.8. The predicted molar refractivity (Wildman–Crippen MR) is 69.4 cm³/mol. The third kappa shape index (κ3) is 2.63. The summed E-state index contributed by atoms with van der Waals surface area (Å²) in [5.41, 5.74) is 6.46. The summed E-state index contributed by atoms with van der Waals surface area (Å²) < 4.78 is 40.3. The van der Waals surface area contributed by atoms with Crippen molar-refractivity contribution < 1.29 is 13.2 Å². The number of thiophene rings is 1. The molecule has 0 saturated heterocycles. The van der Waals surface area contributed by atoms with E-state index in [1.165, 1.54) is 11.3 Å². The average molecular weight is 369 g/mol. The Labute approximate surface area is 114 Å². The zero-order chi connectivity index (χ0) is 12.6. The average Bonchev–Trinajstić information content (AvgIpc) is 2.69. The van der Waals surface area contributed by atoms with Gasteiger partial charge in [0.1, 0.15) is 5.82 Å². The molecule has 90 valence electrons. The maximum Gasteiger partial charge on any atom is 0.161 e. The Hall–Kier alpha value is -0.600. The van der Waals surface area contributed by atoms with E-state index in [4.69, 9.17) is 5.73 Å². The van der Waals surface area contributed by atoms with Crippen LogP contribution in [0.25, 0.3) is 0 Å². The van der Waals surface area contributed by atoms with Gasteiger partial charge >= 0.3 is 0 Å². The Bertz CT molecular complexity index is 556. The molecular formula is C11H7F3INS. The Morgan fingerprint density at radius 1 is 1.06 bits per heavy atom. The third-order valence-electron chi connectivity index (χ3n) is 2.32. The number of rotatable bonds is 2. The molecule has 0 aliphatic rings. The second-order valence-electron chi connectivity index (χ2n) is 3.45. The van der Waals surface area contributed by atoms with E-state index in [2.05, 4.69) is 22.6 Å². The van der Waals surface area contributed by atoms with E-state index >= 15 is 0 Å². The molecule has 1 aromatic heterocycles. The van der Waals surface area contributed by atoms with Gasteiger partial charge in [0.25, 0.3) is 0 Å². The molecule has 0 saturated carbocycles. The Morgan fingerprint density at radius 3 is 2.29 bits per heavy atom. The minimum Gasteiger partial charge on any atom is -0.320 e. The second-order valence-corrected chi connectivity index (χ2v) is 6.26. The number of nitrogens with two attached hydrogens (primary N) is 1. The first-order chi connectivity index (χ1) is 7.99. The molecule has 2 aromatic rings. The summed E-state index contributed by atoms with van der Waals surface area (Å²) in [5.74, 6) is -3.14. The summed E-state index contributed by atoms with van der Waals surface area (Å²) in [6.07, 6.45) is 0. The summed E-state index contributed by atoms with van der Waals surface area (Å²) >= 11 is 3.57. The van der Waals surface area contributed by atoms with Crippen LogP contribution in [0.5, 0.6) is 0 Å². The fraction of sp³-hybridized carbons (Fsp3) is 0.0909. The lowest BCUT2D eigenvalue weighted by Crippen LogP contribution is -2.13. The van der Waals surface area contributed by atoms with Gasteiger partial charge in [-0.3, -0.25) is 0 Å². The highest BCUT2D eigenvalue weighted by Crippen LogP contribution is 2.28. The van der Waals surface area contributed by atoms with Gasteiger partial charge in [-0.1, -0.05) is 0 Å². The quantitative estimate of drug-likeness (QED) is 0.632. The summed E-state index contributed by atoms with van der Waals surface area (Å²) in [7, 11) is 0. The van der Waals surface area contributed by atoms with E-state index in [-0.39, 0.29) is 5.56 Å². The van der Waals surface area contributed by atoms with Crippen LogP contribution in [0.15, 0.2) is 23.6 Å². The molecule has 2 rings (SSSR count). The van der Waals surface area contributed by atoms with Crippen LogP contribution in [0.4, 0.5) is 13.2 Å². The van der Waals surface area contributed by atoms with Crippen molar-refractivity contribution in [2.75, 3.05) is 0 Å². The largest absolute Gasteiger partial charge is 0.320 e. The Balaban J connectivity index is 2.43. The van der Waals surface area contributed by atoms with E-state index in [1.54, 1.807) is 11.4 Å². The Morgan fingerprint density at radius 2 is 1.71 bits per heavy atom. The van der Waals surface area contributed by atoms with Crippen LogP contribution in [-0.4, -0.2) is 0 Å². The maximum absolute atomic E-state index is 13.5. The molecule has 0 fully saturated rings. The lowest BCUT2D eigenvalue weighted by atomic mass is 10.0. The van der Waals surface area contributed by atoms with Crippen molar-refractivity contribution >= 4 is 33.9 Å². The van der Waals surface area contributed by atoms with Crippen molar-refractivity contribution in [3.8, 4) is 0 Å². The third-order valence-corrected chi connectivity index (χ3v) is 4.13. The molecule has 0 spiro atoms. The van der Waals surface area contributed by atoms with Crippen molar-refractivity contribution in [3.63, 3.8) is 0 Å². The van der Waals surface area contributed by atoms with E-state index in [1.807, 2.05) is 0 Å². The van der Waals surface area contributed by atoms with Gasteiger partial charge in [0.05, 0.1) is 8.93 Å². The fourth-order valence-electron chi connectivity index (χ4n) is 1.44. The minimum atomic E-state index is -1.21. The van der Waals surface area contributed by atoms with Gasteiger partial charge in [0, 0.05) is 11.6 Å². The molecule has 0 bridgehead atoms. The van der Waals surface area contributed by atoms with Gasteiger partial charge in [-0.15, -0.1) is 11.3 Å². The monoisotopic (exact) mass is 369 g/mol. The molecule has 0 aliphatic heterocycles. The molecule has 1 heterocycles. The molecule has 1 nitrogen and oxygen atoms in total. The fourth-order valence-corrected chi connectivity index (χ4v) is 2.85. The van der Waals surface area contributed by atoms with Gasteiger partial charge in [-0.25, -0.2) is 13.2 Å². The lowest BCUT2D eigenvalue weighted by molar-refractivity contribution is 0.488. The highest BCUT2D eigenvalue weighted by molar-refractivity contribution is 14.1. The highest BCUT2D eigenvalue weighted by Gasteiger charge is 2.18. The van der Waals surface area contributed by atoms with E-state index in [9.17, 15) is 13.2 Å². The predicted octanol–water partition coefficient (Wildman–Crippen LogP) is 3.82. The molecule has 17 heavy (non-hydrogen) atoms. The molecule has 0 amide bonds. The summed E-state index contributed by atoms with van der Waals surface area (Å²) in [5, 5.41) is 1.77. The number of benzene rings is 1. The first-order valence-electron chi connectivity index (χ1n) is 4.63. The Kier molecular flexibility index (Phi) is 3.74. The van der Waals surface area contributed by atoms with Crippen LogP contribution in [-0.2, 0) is 0 Å². The van der Waals surface area contributed by atoms with Gasteiger partial charge in [-0.2, -0.15) is 0 Å². The van der Waals surface area contributed by atoms with Gasteiger partial charge < -0.3 is 5.73 Å². The second kappa shape index (κ2) is 4.95. The smallest absolute Gasteiger partial charge is 0.161 e. The molecule has 1 aromatic carbocycles. The van der Waals surface area contributed by atoms with Crippen molar-refractivity contribution in [2.24, 2.45) is 5.73 Å². The van der Waals surface area contributed by atoms with E-state index < -0.39 is 23.5 Å². The van der Waals surface area contributed by atoms with Crippen molar-refractivity contribution in [3.05, 3.63) is 55.0 Å². The van der Waals surface area contributed by atoms with Gasteiger partial charge in [-0.05, 0) is 45.7 Å². The van der Waals surface area contributed by atoms with Crippen LogP contribution >= 0.6 is 33.9 Å². The lowest BCUT2D eigenvalue weighted by Gasteiger charge is -2.11. The van der Waals surface area contributed by atoms with Gasteiger partial charge in [0.2, 0.25) is 0 Å². The summed E-state index contributed by atoms with van der Waals surface area (Å²) in [6.45, 7) is 0. The number of hydrogen-bond donors (Lipinski definition) is 1. The molecular weight excluding hydrogens is 362 g/mol. The van der Waals surface area contributed by atoms with Crippen LogP contribution in [0, 0.1) is 20.3 Å². The zero-order valence-electron chi connectivity index (χ0n) is 8.38. The standard InChI is InChI=1S/C11H7F3INS/c12-7-3-9(14)8(13)2-6(7)11(16)5-1-10(15)17-4-5/h1-4,11H,16H2.